The van der Waals surface area contributed by atoms with Crippen LogP contribution in [0.3, 0.4) is 0 Å². The molecular weight excluding hydrogens is 292 g/mol. The Kier molecular flexibility index (Phi) is 4.07. The molecule has 1 aromatic carbocycles. The molecule has 0 aliphatic rings. The molecule has 0 radical (unpaired) electrons. The van der Waals surface area contributed by atoms with Crippen LogP contribution in [0.25, 0.3) is 0 Å². The van der Waals surface area contributed by atoms with E-state index in [0.717, 1.165) is 0 Å². The van der Waals surface area contributed by atoms with Crippen molar-refractivity contribution in [3.8, 4) is 0 Å². The first-order valence-corrected chi connectivity index (χ1v) is 5.16. The number of hydrogen-bond acceptors (Lipinski definition) is 1. The van der Waals surface area contributed by atoms with Gasteiger partial charge in [-0.15, -0.1) is 0 Å². The number of rotatable bonds is 3. The second-order valence-electron chi connectivity index (χ2n) is 3.29. The van der Waals surface area contributed by atoms with Crippen LogP contribution in [0.1, 0.15) is 24.8 Å². The van der Waals surface area contributed by atoms with E-state index in [1.165, 1.54) is 6.92 Å². The van der Waals surface area contributed by atoms with Gasteiger partial charge in [0, 0.05) is 12.0 Å². The summed E-state index contributed by atoms with van der Waals surface area (Å²) in [6.45, 7) is 1.31. The van der Waals surface area contributed by atoms with Crippen molar-refractivity contribution < 1.29 is 22.4 Å². The molecule has 0 bridgehead atoms. The first kappa shape index (κ1) is 13.2. The van der Waals surface area contributed by atoms with Gasteiger partial charge in [-0.05, 0) is 21.8 Å². The van der Waals surface area contributed by atoms with Crippen LogP contribution in [-0.2, 0) is 4.79 Å². The highest BCUT2D eigenvalue weighted by Gasteiger charge is 2.26. The Hall–Kier alpha value is -0.910. The van der Waals surface area contributed by atoms with Crippen molar-refractivity contribution in [2.24, 2.45) is 0 Å². The van der Waals surface area contributed by atoms with E-state index in [-0.39, 0.29) is 6.42 Å². The Bertz CT molecular complexity index is 404. The second-order valence-corrected chi connectivity index (χ2v) is 4.08. The molecule has 1 rings (SSSR count). The van der Waals surface area contributed by atoms with Gasteiger partial charge >= 0.3 is 0 Å². The predicted octanol–water partition coefficient (Wildman–Crippen LogP) is 3.70. The lowest BCUT2D eigenvalue weighted by Gasteiger charge is -2.13. The van der Waals surface area contributed by atoms with E-state index in [1.807, 2.05) is 0 Å². The number of carbonyl (C=O) groups is 1. The van der Waals surface area contributed by atoms with Crippen LogP contribution in [0.4, 0.5) is 17.6 Å². The minimum absolute atomic E-state index is 0.214. The number of aldehydes is 1. The molecule has 1 unspecified atom stereocenters. The number of hydrogen-bond donors (Lipinski definition) is 0. The van der Waals surface area contributed by atoms with E-state index >= 15 is 0 Å². The molecule has 0 amide bonds. The Labute approximate surface area is 97.6 Å². The minimum Gasteiger partial charge on any atom is -0.303 e. The van der Waals surface area contributed by atoms with Gasteiger partial charge in [-0.25, -0.2) is 17.6 Å². The fraction of sp³-hybridized carbons (Fsp3) is 0.300. The average molecular weight is 299 g/mol. The zero-order valence-corrected chi connectivity index (χ0v) is 9.75. The van der Waals surface area contributed by atoms with Crippen molar-refractivity contribution in [2.75, 3.05) is 0 Å². The highest BCUT2D eigenvalue weighted by atomic mass is 79.9. The van der Waals surface area contributed by atoms with Gasteiger partial charge in [0.2, 0.25) is 0 Å². The first-order valence-electron chi connectivity index (χ1n) is 4.36. The number of halogens is 5. The van der Waals surface area contributed by atoms with Crippen molar-refractivity contribution in [1.29, 1.82) is 0 Å². The summed E-state index contributed by atoms with van der Waals surface area (Å²) in [4.78, 5) is 10.2. The Morgan fingerprint density at radius 2 is 1.56 bits per heavy atom. The summed E-state index contributed by atoms with van der Waals surface area (Å²) >= 11 is 2.40. The molecule has 0 heterocycles. The number of carbonyl (C=O) groups excluding carboxylic acids is 1. The summed E-state index contributed by atoms with van der Waals surface area (Å²) < 4.78 is 52.0. The van der Waals surface area contributed by atoms with Crippen molar-refractivity contribution in [3.05, 3.63) is 33.3 Å². The molecule has 0 aliphatic carbocycles. The lowest BCUT2D eigenvalue weighted by Crippen LogP contribution is -2.08. The molecule has 1 nitrogen and oxygen atoms in total. The van der Waals surface area contributed by atoms with E-state index in [1.54, 1.807) is 0 Å². The molecule has 0 aliphatic heterocycles. The molecule has 16 heavy (non-hydrogen) atoms. The quantitative estimate of drug-likeness (QED) is 0.360. The van der Waals surface area contributed by atoms with Gasteiger partial charge in [-0.2, -0.15) is 0 Å². The molecule has 0 spiro atoms. The molecule has 88 valence electrons. The van der Waals surface area contributed by atoms with Crippen LogP contribution in [-0.4, -0.2) is 6.29 Å². The first-order chi connectivity index (χ1) is 7.41. The fourth-order valence-electron chi connectivity index (χ4n) is 1.32. The molecule has 0 fully saturated rings. The van der Waals surface area contributed by atoms with Gasteiger partial charge in [-0.1, -0.05) is 6.92 Å². The topological polar surface area (TPSA) is 17.1 Å². The Morgan fingerprint density at radius 3 is 1.94 bits per heavy atom. The summed E-state index contributed by atoms with van der Waals surface area (Å²) in [5, 5.41) is 0. The third-order valence-electron chi connectivity index (χ3n) is 2.19. The van der Waals surface area contributed by atoms with Gasteiger partial charge in [-0.3, -0.25) is 0 Å². The lowest BCUT2D eigenvalue weighted by atomic mass is 9.97. The van der Waals surface area contributed by atoms with Crippen LogP contribution in [0.15, 0.2) is 4.47 Å². The zero-order chi connectivity index (χ0) is 12.5. The van der Waals surface area contributed by atoms with Gasteiger partial charge in [0.25, 0.3) is 0 Å². The normalized spacial score (nSPS) is 12.6. The molecular formula is C10H7BrF4O. The fourth-order valence-corrected chi connectivity index (χ4v) is 1.66. The summed E-state index contributed by atoms with van der Waals surface area (Å²) in [7, 11) is 0. The Morgan fingerprint density at radius 1 is 1.12 bits per heavy atom. The van der Waals surface area contributed by atoms with Gasteiger partial charge < -0.3 is 4.79 Å². The van der Waals surface area contributed by atoms with Crippen LogP contribution >= 0.6 is 15.9 Å². The monoisotopic (exact) mass is 298 g/mol. The van der Waals surface area contributed by atoms with Crippen molar-refractivity contribution in [1.82, 2.24) is 0 Å². The molecule has 0 saturated carbocycles. The predicted molar refractivity (Wildman–Crippen MR) is 53.1 cm³/mol. The highest BCUT2D eigenvalue weighted by molar-refractivity contribution is 9.10. The minimum atomic E-state index is -1.49. The summed E-state index contributed by atoms with van der Waals surface area (Å²) in [5.41, 5.74) is -0.745. The van der Waals surface area contributed by atoms with Crippen LogP contribution in [0.5, 0.6) is 0 Å². The van der Waals surface area contributed by atoms with E-state index in [9.17, 15) is 22.4 Å². The summed E-state index contributed by atoms with van der Waals surface area (Å²) in [6.07, 6.45) is 0.218. The van der Waals surface area contributed by atoms with Gasteiger partial charge in [0.1, 0.15) is 6.29 Å². The molecule has 1 aromatic rings. The van der Waals surface area contributed by atoms with Gasteiger partial charge in [0.05, 0.1) is 4.47 Å². The Balaban J connectivity index is 3.44. The standard InChI is InChI=1S/C10H7BrF4O/c1-4(2-3-16)5-7(12)9(14)6(11)10(15)8(5)13/h3-4H,2H2,1H3. The summed E-state index contributed by atoms with van der Waals surface area (Å²) in [6, 6.07) is 0. The van der Waals surface area contributed by atoms with Crippen LogP contribution in [0.2, 0.25) is 0 Å². The van der Waals surface area contributed by atoms with Crippen LogP contribution in [0, 0.1) is 23.3 Å². The maximum atomic E-state index is 13.3. The van der Waals surface area contributed by atoms with Crippen molar-refractivity contribution in [3.63, 3.8) is 0 Å². The largest absolute Gasteiger partial charge is 0.303 e. The molecule has 1 atom stereocenters. The van der Waals surface area contributed by atoms with Crippen LogP contribution < -0.4 is 0 Å². The lowest BCUT2D eigenvalue weighted by molar-refractivity contribution is -0.108. The number of benzene rings is 1. The maximum Gasteiger partial charge on any atom is 0.176 e. The van der Waals surface area contributed by atoms with Crippen molar-refractivity contribution in [2.45, 2.75) is 19.3 Å². The second kappa shape index (κ2) is 4.95. The molecule has 0 aromatic heterocycles. The van der Waals surface area contributed by atoms with E-state index < -0.39 is 39.2 Å². The van der Waals surface area contributed by atoms with Crippen molar-refractivity contribution >= 4 is 22.2 Å². The third-order valence-corrected chi connectivity index (χ3v) is 2.88. The van der Waals surface area contributed by atoms with E-state index in [2.05, 4.69) is 15.9 Å². The molecule has 6 heteroatoms. The maximum absolute atomic E-state index is 13.3. The third kappa shape index (κ3) is 2.11. The molecule has 0 N–H and O–H groups in total. The van der Waals surface area contributed by atoms with E-state index in [0.29, 0.717) is 6.29 Å². The average Bonchev–Trinajstić information content (AvgIpc) is 2.24. The SMILES string of the molecule is CC(CC=O)c1c(F)c(F)c(Br)c(F)c1F. The van der Waals surface area contributed by atoms with Gasteiger partial charge in [0.15, 0.2) is 23.3 Å². The smallest absolute Gasteiger partial charge is 0.176 e. The van der Waals surface area contributed by atoms with E-state index in [4.69, 9.17) is 0 Å². The zero-order valence-electron chi connectivity index (χ0n) is 8.16. The molecule has 0 saturated heterocycles. The summed E-state index contributed by atoms with van der Waals surface area (Å²) in [5.74, 6) is -6.85. The highest BCUT2D eigenvalue weighted by Crippen LogP contribution is 2.32.